The van der Waals surface area contributed by atoms with Crippen LogP contribution in [0.25, 0.3) is 0 Å². The molecule has 2 saturated heterocycles. The molecule has 3 unspecified atom stereocenters. The molecule has 1 aromatic heterocycles. The predicted molar refractivity (Wildman–Crippen MR) is 162 cm³/mol. The van der Waals surface area contributed by atoms with E-state index in [0.29, 0.717) is 69.4 Å². The fourth-order valence-corrected chi connectivity index (χ4v) is 7.14. The Morgan fingerprint density at radius 3 is 2.72 bits per heavy atom. The summed E-state index contributed by atoms with van der Waals surface area (Å²) in [7, 11) is 4.18. The van der Waals surface area contributed by atoms with Crippen molar-refractivity contribution in [2.24, 2.45) is 0 Å². The number of anilines is 3. The zero-order valence-corrected chi connectivity index (χ0v) is 25.0. The van der Waals surface area contributed by atoms with Crippen LogP contribution in [0.4, 0.5) is 21.8 Å². The highest BCUT2D eigenvalue weighted by molar-refractivity contribution is 5.97. The number of hydrogen-bond donors (Lipinski definition) is 0. The number of aromatic nitrogens is 2. The van der Waals surface area contributed by atoms with Gasteiger partial charge in [-0.1, -0.05) is 12.6 Å². The second-order valence-corrected chi connectivity index (χ2v) is 12.3. The minimum Gasteiger partial charge on any atom is -0.352 e. The number of amides is 2. The average molecular weight is 587 g/mol. The summed E-state index contributed by atoms with van der Waals surface area (Å²) in [4.78, 5) is 46.3. The van der Waals surface area contributed by atoms with Gasteiger partial charge in [-0.05, 0) is 63.6 Å². The molecule has 1 aromatic carbocycles. The van der Waals surface area contributed by atoms with E-state index in [0.717, 1.165) is 42.1 Å². The number of piperazine rings is 1. The largest absolute Gasteiger partial charge is 0.352 e. The van der Waals surface area contributed by atoms with Gasteiger partial charge in [0.25, 0.3) is 0 Å². The van der Waals surface area contributed by atoms with Gasteiger partial charge in [-0.15, -0.1) is 0 Å². The van der Waals surface area contributed by atoms with Gasteiger partial charge in [-0.3, -0.25) is 9.59 Å². The highest BCUT2D eigenvalue weighted by Crippen LogP contribution is 2.38. The fraction of sp³-hybridized carbons (Fsp3) is 0.531. The lowest BCUT2D eigenvalue weighted by Crippen LogP contribution is -2.55. The second-order valence-electron chi connectivity index (χ2n) is 12.3. The first-order valence-corrected chi connectivity index (χ1v) is 15.2. The Balaban J connectivity index is 1.36. The van der Waals surface area contributed by atoms with E-state index in [1.54, 1.807) is 11.0 Å². The lowest BCUT2D eigenvalue weighted by Gasteiger charge is -2.43. The summed E-state index contributed by atoms with van der Waals surface area (Å²) in [6, 6.07) is 7.01. The predicted octanol–water partition coefficient (Wildman–Crippen LogP) is 2.71. The van der Waals surface area contributed by atoms with E-state index in [-0.39, 0.29) is 36.1 Å². The van der Waals surface area contributed by atoms with Gasteiger partial charge < -0.3 is 24.5 Å². The number of rotatable bonds is 6. The van der Waals surface area contributed by atoms with E-state index in [4.69, 9.17) is 9.97 Å². The summed E-state index contributed by atoms with van der Waals surface area (Å²) in [6.07, 6.45) is 5.54. The molecule has 4 heterocycles. The third kappa shape index (κ3) is 5.56. The number of carbonyl (C=O) groups excluding carboxylic acids is 2. The Morgan fingerprint density at radius 1 is 1.14 bits per heavy atom. The number of aryl methyl sites for hydroxylation is 1. The summed E-state index contributed by atoms with van der Waals surface area (Å²) in [6.45, 7) is 6.88. The van der Waals surface area contributed by atoms with Crippen molar-refractivity contribution >= 4 is 29.3 Å². The van der Waals surface area contributed by atoms with Gasteiger partial charge >= 0.3 is 0 Å². The molecule has 1 aliphatic carbocycles. The maximum atomic E-state index is 14.3. The Hall–Kier alpha value is -4.04. The maximum absolute atomic E-state index is 14.3. The monoisotopic (exact) mass is 586 g/mol. The first-order chi connectivity index (χ1) is 20.8. The van der Waals surface area contributed by atoms with Gasteiger partial charge in [0, 0.05) is 63.2 Å². The number of nitriles is 1. The normalized spacial score (nSPS) is 23.7. The lowest BCUT2D eigenvalue weighted by atomic mass is 9.88. The highest BCUT2D eigenvalue weighted by atomic mass is 19.1. The molecule has 226 valence electrons. The molecular weight excluding hydrogens is 547 g/mol. The van der Waals surface area contributed by atoms with Gasteiger partial charge in [-0.2, -0.15) is 10.2 Å². The first-order valence-electron chi connectivity index (χ1n) is 15.2. The molecule has 10 nitrogen and oxygen atoms in total. The minimum absolute atomic E-state index is 0.0248. The quantitative estimate of drug-likeness (QED) is 0.477. The molecule has 2 fully saturated rings. The van der Waals surface area contributed by atoms with E-state index in [9.17, 15) is 19.2 Å². The van der Waals surface area contributed by atoms with Crippen LogP contribution in [0.15, 0.2) is 30.9 Å². The van der Waals surface area contributed by atoms with Gasteiger partial charge in [0.2, 0.25) is 17.8 Å². The summed E-state index contributed by atoms with van der Waals surface area (Å²) in [5, 5.41) is 9.53. The van der Waals surface area contributed by atoms with Crippen LogP contribution in [0.1, 0.15) is 42.5 Å². The molecule has 3 aliphatic heterocycles. The number of hydrogen-bond acceptors (Lipinski definition) is 8. The fourth-order valence-electron chi connectivity index (χ4n) is 7.14. The molecule has 2 aromatic rings. The molecule has 0 bridgehead atoms. The Kier molecular flexibility index (Phi) is 8.05. The van der Waals surface area contributed by atoms with Crippen LogP contribution < -0.4 is 14.7 Å². The average Bonchev–Trinajstić information content (AvgIpc) is 3.51. The number of fused-ring (bicyclic) bond motifs is 2. The second kappa shape index (κ2) is 11.9. The molecule has 4 aliphatic rings. The molecule has 0 radical (unpaired) electrons. The van der Waals surface area contributed by atoms with Crippen molar-refractivity contribution in [1.29, 1.82) is 5.26 Å². The third-order valence-corrected chi connectivity index (χ3v) is 9.51. The van der Waals surface area contributed by atoms with Crippen molar-refractivity contribution in [2.75, 3.05) is 61.5 Å². The number of halogens is 1. The van der Waals surface area contributed by atoms with Crippen LogP contribution in [0.3, 0.4) is 0 Å². The first kappa shape index (κ1) is 29.1. The van der Waals surface area contributed by atoms with Crippen LogP contribution >= 0.6 is 0 Å². The summed E-state index contributed by atoms with van der Waals surface area (Å²) < 4.78 is 14.3. The third-order valence-electron chi connectivity index (χ3n) is 9.51. The number of benzene rings is 1. The Bertz CT molecular complexity index is 1470. The van der Waals surface area contributed by atoms with Crippen molar-refractivity contribution in [2.45, 2.75) is 63.1 Å². The van der Waals surface area contributed by atoms with Crippen LogP contribution in [0, 0.1) is 17.1 Å². The lowest BCUT2D eigenvalue weighted by molar-refractivity contribution is -0.128. The minimum atomic E-state index is -0.341. The van der Waals surface area contributed by atoms with Crippen LogP contribution in [0.5, 0.6) is 0 Å². The van der Waals surface area contributed by atoms with Gasteiger partial charge in [-0.25, -0.2) is 9.37 Å². The van der Waals surface area contributed by atoms with Crippen LogP contribution in [-0.4, -0.2) is 96.5 Å². The molecular formula is C32H39FN8O2. The smallest absolute Gasteiger partial charge is 0.246 e. The number of nitrogens with zero attached hydrogens (tertiary/aromatic N) is 8. The van der Waals surface area contributed by atoms with Crippen molar-refractivity contribution in [3.05, 3.63) is 53.5 Å². The van der Waals surface area contributed by atoms with E-state index in [1.807, 2.05) is 4.90 Å². The zero-order chi connectivity index (χ0) is 30.2. The Morgan fingerprint density at radius 2 is 1.98 bits per heavy atom. The molecule has 11 heteroatoms. The number of likely N-dealkylation sites (N-methyl/N-ethyl adjacent to an activating group) is 1. The van der Waals surface area contributed by atoms with Gasteiger partial charge in [0.1, 0.15) is 11.6 Å². The van der Waals surface area contributed by atoms with Crippen molar-refractivity contribution < 1.29 is 14.0 Å². The van der Waals surface area contributed by atoms with E-state index < -0.39 is 0 Å². The van der Waals surface area contributed by atoms with Crippen molar-refractivity contribution in [1.82, 2.24) is 19.8 Å². The molecule has 0 saturated carbocycles. The molecule has 0 N–H and O–H groups in total. The maximum Gasteiger partial charge on any atom is 0.246 e. The molecule has 2 amide bonds. The van der Waals surface area contributed by atoms with E-state index in [2.05, 4.69) is 41.4 Å². The summed E-state index contributed by atoms with van der Waals surface area (Å²) in [5.41, 5.74) is 3.65. The molecule has 43 heavy (non-hydrogen) atoms. The van der Waals surface area contributed by atoms with Crippen LogP contribution in [-0.2, 0) is 28.9 Å². The standard InChI is InChI=1S/C32H39FN8O2/c1-4-29(42)40-16-15-38(20-25(40)11-13-34)31-26-9-8-23(41-28-17-22(33)7-5-21(28)6-10-30(41)43)18-27(26)35-32(36-31)39-14-12-24(19-39)37(2)3/h4-5,7,17,23-25H,1,6,8-12,14-16,18-20H2,2-3H3. The van der Waals surface area contributed by atoms with Gasteiger partial charge in [0.15, 0.2) is 0 Å². The van der Waals surface area contributed by atoms with Gasteiger partial charge in [0.05, 0.1) is 29.9 Å². The van der Waals surface area contributed by atoms with E-state index >= 15 is 0 Å². The topological polar surface area (TPSA) is 99.9 Å². The summed E-state index contributed by atoms with van der Waals surface area (Å²) >= 11 is 0. The van der Waals surface area contributed by atoms with Crippen molar-refractivity contribution in [3.8, 4) is 6.07 Å². The van der Waals surface area contributed by atoms with Crippen LogP contribution in [0.2, 0.25) is 0 Å². The number of carbonyl (C=O) groups is 2. The molecule has 3 atom stereocenters. The SMILES string of the molecule is C=CC(=O)N1CCN(c2nc(N3CCC(N(C)C)C3)nc3c2CCC(N2C(=O)CCc4ccc(F)cc42)C3)CC1CC#N. The van der Waals surface area contributed by atoms with E-state index in [1.165, 1.54) is 18.2 Å². The molecule has 0 spiro atoms. The molecule has 6 rings (SSSR count). The zero-order valence-electron chi connectivity index (χ0n) is 25.0. The summed E-state index contributed by atoms with van der Waals surface area (Å²) in [5.74, 6) is 1.06. The Labute approximate surface area is 252 Å². The van der Waals surface area contributed by atoms with Crippen molar-refractivity contribution in [3.63, 3.8) is 0 Å². The highest BCUT2D eigenvalue weighted by Gasteiger charge is 2.38.